The zero-order chi connectivity index (χ0) is 25.1. The van der Waals surface area contributed by atoms with Gasteiger partial charge in [-0.1, -0.05) is 48.9 Å². The maximum Gasteiger partial charge on any atom is 0.338 e. The van der Waals surface area contributed by atoms with Crippen molar-refractivity contribution in [3.8, 4) is 5.75 Å². The van der Waals surface area contributed by atoms with Crippen molar-refractivity contribution in [2.45, 2.75) is 19.4 Å². The molecule has 4 rings (SSSR count). The van der Waals surface area contributed by atoms with E-state index in [2.05, 4.69) is 0 Å². The Balaban J connectivity index is 1.88. The van der Waals surface area contributed by atoms with Gasteiger partial charge in [-0.25, -0.2) is 4.79 Å². The lowest BCUT2D eigenvalue weighted by atomic mass is 9.95. The summed E-state index contributed by atoms with van der Waals surface area (Å²) in [5.74, 6) is -2.69. The van der Waals surface area contributed by atoms with Crippen LogP contribution < -0.4 is 4.90 Å². The number of benzene rings is 3. The van der Waals surface area contributed by atoms with Crippen LogP contribution in [0.5, 0.6) is 5.75 Å². The van der Waals surface area contributed by atoms with E-state index in [1.54, 1.807) is 48.5 Å². The summed E-state index contributed by atoms with van der Waals surface area (Å²) in [7, 11) is 0. The molecule has 3 aromatic rings. The molecule has 1 saturated heterocycles. The molecule has 2 N–H and O–H groups in total. The fourth-order valence-corrected chi connectivity index (χ4v) is 4.11. The predicted octanol–water partition coefficient (Wildman–Crippen LogP) is 5.24. The predicted molar refractivity (Wildman–Crippen MR) is 131 cm³/mol. The Morgan fingerprint density at radius 1 is 1.00 bits per heavy atom. The third-order valence-corrected chi connectivity index (χ3v) is 5.78. The van der Waals surface area contributed by atoms with Gasteiger partial charge in [-0.3, -0.25) is 14.5 Å². The summed E-state index contributed by atoms with van der Waals surface area (Å²) in [4.78, 5) is 40.1. The molecule has 0 aromatic heterocycles. The summed E-state index contributed by atoms with van der Waals surface area (Å²) in [5.41, 5.74) is 1.11. The number of phenolic OH excluding ortho intramolecular Hbond substituents is 1. The molecular weight excluding hydrogens is 470 g/mol. The van der Waals surface area contributed by atoms with Gasteiger partial charge < -0.3 is 14.9 Å². The third-order valence-electron chi connectivity index (χ3n) is 5.55. The van der Waals surface area contributed by atoms with Crippen molar-refractivity contribution in [1.82, 2.24) is 0 Å². The second-order valence-corrected chi connectivity index (χ2v) is 8.39. The number of Topliss-reactive ketones (excluding diaryl/α,β-unsaturated/α-hetero) is 1. The molecule has 35 heavy (non-hydrogen) atoms. The minimum absolute atomic E-state index is 0.00112. The summed E-state index contributed by atoms with van der Waals surface area (Å²) < 4.78 is 5.20. The van der Waals surface area contributed by atoms with E-state index in [4.69, 9.17) is 16.3 Å². The number of anilines is 1. The van der Waals surface area contributed by atoms with Crippen LogP contribution in [0.3, 0.4) is 0 Å². The van der Waals surface area contributed by atoms with Crippen molar-refractivity contribution in [1.29, 1.82) is 0 Å². The normalized spacial score (nSPS) is 17.0. The first kappa shape index (κ1) is 24.0. The highest BCUT2D eigenvalue weighted by Gasteiger charge is 2.47. The number of esters is 1. The number of hydrogen-bond donors (Lipinski definition) is 2. The van der Waals surface area contributed by atoms with E-state index in [1.807, 2.05) is 6.92 Å². The molecule has 8 heteroatoms. The van der Waals surface area contributed by atoms with Crippen LogP contribution in [0.4, 0.5) is 5.69 Å². The van der Waals surface area contributed by atoms with Gasteiger partial charge >= 0.3 is 5.97 Å². The largest absolute Gasteiger partial charge is 0.508 e. The molecule has 7 nitrogen and oxygen atoms in total. The topological polar surface area (TPSA) is 104 Å². The monoisotopic (exact) mass is 491 g/mol. The zero-order valence-corrected chi connectivity index (χ0v) is 19.5. The van der Waals surface area contributed by atoms with Crippen molar-refractivity contribution >= 4 is 40.7 Å². The van der Waals surface area contributed by atoms with E-state index in [0.717, 1.165) is 0 Å². The number of amides is 1. The van der Waals surface area contributed by atoms with Gasteiger partial charge in [0.2, 0.25) is 0 Å². The molecule has 1 heterocycles. The Morgan fingerprint density at radius 3 is 2.37 bits per heavy atom. The Labute approximate surface area is 206 Å². The van der Waals surface area contributed by atoms with Gasteiger partial charge in [0, 0.05) is 16.3 Å². The average Bonchev–Trinajstić information content (AvgIpc) is 3.13. The lowest BCUT2D eigenvalue weighted by molar-refractivity contribution is -0.132. The first-order chi connectivity index (χ1) is 16.8. The van der Waals surface area contributed by atoms with E-state index in [0.29, 0.717) is 17.0 Å². The summed E-state index contributed by atoms with van der Waals surface area (Å²) >= 11 is 6.07. The number of phenols is 1. The molecular formula is C27H22ClNO6. The molecule has 0 saturated carbocycles. The Kier molecular flexibility index (Phi) is 6.89. The van der Waals surface area contributed by atoms with Crippen molar-refractivity contribution < 1.29 is 29.3 Å². The van der Waals surface area contributed by atoms with E-state index in [-0.39, 0.29) is 40.5 Å². The summed E-state index contributed by atoms with van der Waals surface area (Å²) in [5, 5.41) is 21.2. The molecule has 0 aliphatic carbocycles. The van der Waals surface area contributed by atoms with Crippen molar-refractivity contribution in [2.75, 3.05) is 11.5 Å². The van der Waals surface area contributed by atoms with Crippen LogP contribution in [0.25, 0.3) is 5.76 Å². The molecule has 1 unspecified atom stereocenters. The maximum atomic E-state index is 13.3. The van der Waals surface area contributed by atoms with E-state index in [1.165, 1.54) is 29.2 Å². The molecule has 1 fully saturated rings. The Hall–Kier alpha value is -4.10. The van der Waals surface area contributed by atoms with Gasteiger partial charge in [-0.2, -0.15) is 0 Å². The van der Waals surface area contributed by atoms with E-state index >= 15 is 0 Å². The maximum absolute atomic E-state index is 13.3. The molecule has 178 valence electrons. The highest BCUT2D eigenvalue weighted by Crippen LogP contribution is 2.42. The molecule has 1 aliphatic rings. The number of hydrogen-bond acceptors (Lipinski definition) is 6. The van der Waals surface area contributed by atoms with Crippen LogP contribution in [0, 0.1) is 0 Å². The number of nitrogens with zero attached hydrogens (tertiary/aromatic N) is 1. The summed E-state index contributed by atoms with van der Waals surface area (Å²) in [6.07, 6.45) is 0.657. The smallest absolute Gasteiger partial charge is 0.338 e. The number of carbonyl (C=O) groups excluding carboxylic acids is 3. The lowest BCUT2D eigenvalue weighted by Crippen LogP contribution is -2.29. The molecule has 3 aromatic carbocycles. The summed E-state index contributed by atoms with van der Waals surface area (Å²) in [6, 6.07) is 17.5. The fraction of sp³-hybridized carbons (Fsp3) is 0.148. The van der Waals surface area contributed by atoms with Gasteiger partial charge in [0.25, 0.3) is 11.7 Å². The summed E-state index contributed by atoms with van der Waals surface area (Å²) in [6.45, 7) is 2.13. The molecule has 1 aliphatic heterocycles. The number of carbonyl (C=O) groups is 3. The van der Waals surface area contributed by atoms with Crippen LogP contribution in [0.2, 0.25) is 5.02 Å². The third kappa shape index (κ3) is 4.76. The SMILES string of the molecule is CCCOC(=O)c1cccc(N2C(=O)C(=O)/C(=C(/O)c3cccc(Cl)c3)C2c2ccc(O)cc2)c1. The molecule has 1 atom stereocenters. The quantitative estimate of drug-likeness (QED) is 0.211. The van der Waals surface area contributed by atoms with Crippen LogP contribution in [0.15, 0.2) is 78.4 Å². The lowest BCUT2D eigenvalue weighted by Gasteiger charge is -2.25. The van der Waals surface area contributed by atoms with Crippen LogP contribution in [-0.2, 0) is 14.3 Å². The molecule has 0 spiro atoms. The van der Waals surface area contributed by atoms with Crippen molar-refractivity contribution in [3.63, 3.8) is 0 Å². The van der Waals surface area contributed by atoms with Crippen LogP contribution in [-0.4, -0.2) is 34.5 Å². The number of halogens is 1. The number of aliphatic hydroxyl groups is 1. The number of aromatic hydroxyl groups is 1. The van der Waals surface area contributed by atoms with Gasteiger partial charge in [-0.15, -0.1) is 0 Å². The second kappa shape index (κ2) is 10.0. The number of ketones is 1. The fourth-order valence-electron chi connectivity index (χ4n) is 3.92. The first-order valence-corrected chi connectivity index (χ1v) is 11.3. The minimum Gasteiger partial charge on any atom is -0.508 e. The molecule has 1 amide bonds. The Morgan fingerprint density at radius 2 is 1.69 bits per heavy atom. The van der Waals surface area contributed by atoms with E-state index < -0.39 is 23.7 Å². The first-order valence-electron chi connectivity index (χ1n) is 10.9. The van der Waals surface area contributed by atoms with Gasteiger partial charge in [0.1, 0.15) is 11.5 Å². The molecule has 0 radical (unpaired) electrons. The highest BCUT2D eigenvalue weighted by atomic mass is 35.5. The van der Waals surface area contributed by atoms with Crippen molar-refractivity contribution in [2.24, 2.45) is 0 Å². The standard InChI is InChI=1S/C27H22ClNO6/c1-2-13-35-27(34)18-6-4-8-20(15-18)29-23(16-9-11-21(30)12-10-16)22(25(32)26(29)33)24(31)17-5-3-7-19(28)14-17/h3-12,14-15,23,30-31H,2,13H2,1H3/b24-22+. The highest BCUT2D eigenvalue weighted by molar-refractivity contribution is 6.51. The Bertz CT molecular complexity index is 1330. The average molecular weight is 492 g/mol. The van der Waals surface area contributed by atoms with E-state index in [9.17, 15) is 24.6 Å². The van der Waals surface area contributed by atoms with Crippen LogP contribution >= 0.6 is 11.6 Å². The van der Waals surface area contributed by atoms with Gasteiger partial charge in [0.05, 0.1) is 23.8 Å². The number of aliphatic hydroxyl groups excluding tert-OH is 1. The minimum atomic E-state index is -1.02. The second-order valence-electron chi connectivity index (χ2n) is 7.96. The van der Waals surface area contributed by atoms with Gasteiger partial charge in [0.15, 0.2) is 0 Å². The number of ether oxygens (including phenoxy) is 1. The van der Waals surface area contributed by atoms with Crippen molar-refractivity contribution in [3.05, 3.63) is 100 Å². The zero-order valence-electron chi connectivity index (χ0n) is 18.8. The van der Waals surface area contributed by atoms with Crippen LogP contribution in [0.1, 0.15) is 40.9 Å². The number of rotatable bonds is 6. The van der Waals surface area contributed by atoms with Gasteiger partial charge in [-0.05, 0) is 54.4 Å². The molecule has 0 bridgehead atoms.